The number of thiophene rings is 1. The van der Waals surface area contributed by atoms with Crippen LogP contribution in [0.2, 0.25) is 0 Å². The molecule has 0 aliphatic carbocycles. The van der Waals surface area contributed by atoms with Crippen LogP contribution < -0.4 is 11.1 Å². The molecule has 132 valence electrons. The fraction of sp³-hybridized carbons (Fsp3) is 0.389. The monoisotopic (exact) mass is 356 g/mol. The molecule has 0 fully saturated rings. The van der Waals surface area contributed by atoms with Crippen LogP contribution in [0.15, 0.2) is 35.7 Å². The molecule has 1 atom stereocenters. The maximum absolute atomic E-state index is 5.69. The molecule has 25 heavy (non-hydrogen) atoms. The summed E-state index contributed by atoms with van der Waals surface area (Å²) in [7, 11) is 1.82. The van der Waals surface area contributed by atoms with Gasteiger partial charge in [0.15, 0.2) is 5.65 Å². The van der Waals surface area contributed by atoms with Crippen LogP contribution in [-0.2, 0) is 6.54 Å². The van der Waals surface area contributed by atoms with E-state index in [4.69, 9.17) is 10.8 Å². The van der Waals surface area contributed by atoms with Gasteiger partial charge in [-0.1, -0.05) is 6.08 Å². The van der Waals surface area contributed by atoms with E-state index < -0.39 is 0 Å². The molecule has 3 aromatic rings. The lowest BCUT2D eigenvalue weighted by Crippen LogP contribution is -2.14. The van der Waals surface area contributed by atoms with Gasteiger partial charge in [0.2, 0.25) is 5.95 Å². The number of rotatable bonds is 9. The summed E-state index contributed by atoms with van der Waals surface area (Å²) < 4.78 is 2.01. The Bertz CT molecular complexity index is 824. The van der Waals surface area contributed by atoms with E-state index in [1.165, 1.54) is 0 Å². The van der Waals surface area contributed by atoms with E-state index in [9.17, 15) is 0 Å². The number of hydrogen-bond donors (Lipinski definition) is 2. The Labute approximate surface area is 151 Å². The van der Waals surface area contributed by atoms with Crippen molar-refractivity contribution in [1.82, 2.24) is 19.7 Å². The Balaban J connectivity index is 2.02. The van der Waals surface area contributed by atoms with Crippen molar-refractivity contribution in [3.05, 3.63) is 35.7 Å². The highest BCUT2D eigenvalue weighted by Gasteiger charge is 2.18. The van der Waals surface area contributed by atoms with Crippen LogP contribution in [0, 0.1) is 5.92 Å². The van der Waals surface area contributed by atoms with Gasteiger partial charge in [-0.3, -0.25) is 0 Å². The summed E-state index contributed by atoms with van der Waals surface area (Å²) in [6.07, 6.45) is 6.83. The smallest absolute Gasteiger partial charge is 0.224 e. The third kappa shape index (κ3) is 3.88. The van der Waals surface area contributed by atoms with Crippen molar-refractivity contribution < 1.29 is 0 Å². The van der Waals surface area contributed by atoms with Gasteiger partial charge in [0.05, 0.1) is 5.39 Å². The Morgan fingerprint density at radius 1 is 1.48 bits per heavy atom. The van der Waals surface area contributed by atoms with Crippen LogP contribution in [0.4, 0.5) is 5.95 Å². The van der Waals surface area contributed by atoms with Crippen molar-refractivity contribution in [2.24, 2.45) is 11.7 Å². The topological polar surface area (TPSA) is 81.7 Å². The molecule has 0 aliphatic heterocycles. The van der Waals surface area contributed by atoms with Gasteiger partial charge in [0.25, 0.3) is 0 Å². The van der Waals surface area contributed by atoms with Gasteiger partial charge in [-0.15, -0.1) is 6.58 Å². The maximum Gasteiger partial charge on any atom is 0.224 e. The van der Waals surface area contributed by atoms with Crippen LogP contribution in [0.5, 0.6) is 0 Å². The molecule has 1 unspecified atom stereocenters. The van der Waals surface area contributed by atoms with Gasteiger partial charge >= 0.3 is 0 Å². The molecule has 0 bridgehead atoms. The maximum atomic E-state index is 5.69. The summed E-state index contributed by atoms with van der Waals surface area (Å²) in [5.41, 5.74) is 8.60. The molecule has 3 heterocycles. The lowest BCUT2D eigenvalue weighted by Gasteiger charge is -2.15. The highest BCUT2D eigenvalue weighted by molar-refractivity contribution is 7.08. The number of nitrogens with one attached hydrogen (secondary N) is 1. The lowest BCUT2D eigenvalue weighted by atomic mass is 9.99. The van der Waals surface area contributed by atoms with Crippen LogP contribution >= 0.6 is 11.3 Å². The first-order valence-electron chi connectivity index (χ1n) is 8.51. The highest BCUT2D eigenvalue weighted by Crippen LogP contribution is 2.29. The van der Waals surface area contributed by atoms with E-state index >= 15 is 0 Å². The molecule has 3 rings (SSSR count). The first-order chi connectivity index (χ1) is 12.3. The first kappa shape index (κ1) is 17.6. The summed E-state index contributed by atoms with van der Waals surface area (Å²) in [5.74, 6) is 1.06. The average Bonchev–Trinajstić information content (AvgIpc) is 3.27. The van der Waals surface area contributed by atoms with Crippen LogP contribution in [0.3, 0.4) is 0 Å². The minimum atomic E-state index is 0.451. The number of anilines is 1. The van der Waals surface area contributed by atoms with Gasteiger partial charge in [0.1, 0.15) is 5.69 Å². The number of fused-ring (bicyclic) bond motifs is 1. The molecule has 0 spiro atoms. The molecule has 7 heteroatoms. The van der Waals surface area contributed by atoms with Crippen molar-refractivity contribution >= 4 is 28.3 Å². The van der Waals surface area contributed by atoms with Crippen molar-refractivity contribution in [2.45, 2.75) is 25.8 Å². The number of nitrogens with zero attached hydrogens (tertiary/aromatic N) is 4. The van der Waals surface area contributed by atoms with Crippen molar-refractivity contribution in [1.29, 1.82) is 0 Å². The Morgan fingerprint density at radius 3 is 3.04 bits per heavy atom. The zero-order valence-electron chi connectivity index (χ0n) is 14.5. The summed E-state index contributed by atoms with van der Waals surface area (Å²) in [5, 5.41) is 13.0. The van der Waals surface area contributed by atoms with E-state index in [0.29, 0.717) is 18.4 Å². The van der Waals surface area contributed by atoms with Crippen molar-refractivity contribution in [3.63, 3.8) is 0 Å². The molecule has 6 nitrogen and oxygen atoms in total. The molecule has 0 saturated heterocycles. The summed E-state index contributed by atoms with van der Waals surface area (Å²) in [6.45, 7) is 5.40. The zero-order valence-corrected chi connectivity index (χ0v) is 15.3. The van der Waals surface area contributed by atoms with Crippen LogP contribution in [0.25, 0.3) is 22.3 Å². The largest absolute Gasteiger partial charge is 0.357 e. The molecular formula is C18H24N6S. The molecule has 0 aromatic carbocycles. The minimum Gasteiger partial charge on any atom is -0.357 e. The Kier molecular flexibility index (Phi) is 5.78. The second kappa shape index (κ2) is 8.22. The summed E-state index contributed by atoms with van der Waals surface area (Å²) in [4.78, 5) is 9.02. The molecule has 0 radical (unpaired) electrons. The minimum absolute atomic E-state index is 0.451. The van der Waals surface area contributed by atoms with Gasteiger partial charge in [0, 0.05) is 30.7 Å². The van der Waals surface area contributed by atoms with Crippen LogP contribution in [0.1, 0.15) is 19.3 Å². The molecule has 3 aromatic heterocycles. The fourth-order valence-electron chi connectivity index (χ4n) is 2.99. The van der Waals surface area contributed by atoms with E-state index in [1.54, 1.807) is 11.3 Å². The fourth-order valence-corrected chi connectivity index (χ4v) is 3.63. The second-order valence-corrected chi connectivity index (χ2v) is 6.82. The molecule has 0 aliphatic rings. The van der Waals surface area contributed by atoms with Gasteiger partial charge in [-0.05, 0) is 43.2 Å². The predicted octanol–water partition coefficient (Wildman–Crippen LogP) is 3.53. The standard InChI is InChI=1S/C18H24N6S/c1-3-5-13(6-4-8-19)11-24-17-15(10-21-18(20-2)22-17)16(23-24)14-7-9-25-12-14/h3,7,9-10,12-13H,1,4-6,8,11,19H2,2H3,(H,20,21,22). The van der Waals surface area contributed by atoms with E-state index in [1.807, 2.05) is 24.0 Å². The molecule has 3 N–H and O–H groups in total. The third-order valence-corrected chi connectivity index (χ3v) is 4.94. The highest BCUT2D eigenvalue weighted by atomic mass is 32.1. The third-order valence-electron chi connectivity index (χ3n) is 4.25. The Morgan fingerprint density at radius 2 is 2.36 bits per heavy atom. The summed E-state index contributed by atoms with van der Waals surface area (Å²) >= 11 is 1.66. The van der Waals surface area contributed by atoms with Crippen LogP contribution in [-0.4, -0.2) is 33.3 Å². The normalized spacial score (nSPS) is 12.4. The first-order valence-corrected chi connectivity index (χ1v) is 9.46. The summed E-state index contributed by atoms with van der Waals surface area (Å²) in [6, 6.07) is 2.08. The number of nitrogens with two attached hydrogens (primary N) is 1. The number of aromatic nitrogens is 4. The molecule has 0 amide bonds. The lowest BCUT2D eigenvalue weighted by molar-refractivity contribution is 0.395. The molecular weight excluding hydrogens is 332 g/mol. The van der Waals surface area contributed by atoms with Crippen molar-refractivity contribution in [3.8, 4) is 11.3 Å². The second-order valence-electron chi connectivity index (χ2n) is 6.04. The molecule has 0 saturated carbocycles. The predicted molar refractivity (Wildman–Crippen MR) is 105 cm³/mol. The number of hydrogen-bond acceptors (Lipinski definition) is 6. The van der Waals surface area contributed by atoms with Gasteiger partial charge < -0.3 is 11.1 Å². The SMILES string of the molecule is C=CCC(CCCN)Cn1nc(-c2ccsc2)c2cnc(NC)nc21. The number of allylic oxidation sites excluding steroid dienone is 1. The van der Waals surface area contributed by atoms with Gasteiger partial charge in [-0.25, -0.2) is 9.67 Å². The van der Waals surface area contributed by atoms with Crippen molar-refractivity contribution in [2.75, 3.05) is 18.9 Å². The van der Waals surface area contributed by atoms with E-state index in [0.717, 1.165) is 48.1 Å². The quantitative estimate of drug-likeness (QED) is 0.573. The van der Waals surface area contributed by atoms with Gasteiger partial charge in [-0.2, -0.15) is 21.4 Å². The van der Waals surface area contributed by atoms with E-state index in [2.05, 4.69) is 38.7 Å². The zero-order chi connectivity index (χ0) is 17.6. The Hall–Kier alpha value is -2.25. The average molecular weight is 356 g/mol. The van der Waals surface area contributed by atoms with E-state index in [-0.39, 0.29) is 0 Å².